The van der Waals surface area contributed by atoms with Crippen LogP contribution >= 0.6 is 23.4 Å². The normalized spacial score (nSPS) is 17.8. The largest absolute Gasteiger partial charge is 0.320 e. The van der Waals surface area contributed by atoms with E-state index in [0.29, 0.717) is 0 Å². The zero-order valence-electron chi connectivity index (χ0n) is 12.7. The van der Waals surface area contributed by atoms with Crippen LogP contribution in [0.1, 0.15) is 32.3 Å². The molecule has 0 spiro atoms. The molecule has 2 rings (SSSR count). The Hall–Kier alpha value is -1.03. The van der Waals surface area contributed by atoms with Crippen molar-refractivity contribution < 1.29 is 0 Å². The SMILES string of the molecule is C=C(Sc1cccc(Cl)c1C)C(C)=N/C(=C\C)C1(N)CC1. The van der Waals surface area contributed by atoms with Crippen LogP contribution in [-0.4, -0.2) is 11.3 Å². The molecule has 2 nitrogen and oxygen atoms in total. The van der Waals surface area contributed by atoms with Gasteiger partial charge in [0.15, 0.2) is 0 Å². The van der Waals surface area contributed by atoms with Crippen LogP contribution in [0.2, 0.25) is 5.02 Å². The summed E-state index contributed by atoms with van der Waals surface area (Å²) in [4.78, 5) is 6.71. The van der Waals surface area contributed by atoms with Crippen LogP contribution in [0.15, 0.2) is 51.3 Å². The van der Waals surface area contributed by atoms with Crippen LogP contribution in [0.5, 0.6) is 0 Å². The van der Waals surface area contributed by atoms with E-state index in [9.17, 15) is 0 Å². The molecule has 0 bridgehead atoms. The standard InChI is InChI=1S/C17H21ClN2S/c1-5-16(17(19)9-10-17)20-12(3)13(4)21-15-8-6-7-14(18)11(15)2/h5-8H,4,9-10,19H2,1-3H3/b16-5-,20-12?. The van der Waals surface area contributed by atoms with E-state index < -0.39 is 0 Å². The molecule has 21 heavy (non-hydrogen) atoms. The summed E-state index contributed by atoms with van der Waals surface area (Å²) in [5.41, 5.74) is 8.94. The third kappa shape index (κ3) is 3.79. The van der Waals surface area contributed by atoms with Gasteiger partial charge in [0.2, 0.25) is 0 Å². The topological polar surface area (TPSA) is 38.4 Å². The summed E-state index contributed by atoms with van der Waals surface area (Å²) in [5, 5.41) is 0.774. The summed E-state index contributed by atoms with van der Waals surface area (Å²) in [6.07, 6.45) is 4.02. The van der Waals surface area contributed by atoms with Gasteiger partial charge in [-0.05, 0) is 51.3 Å². The highest BCUT2D eigenvalue weighted by atomic mass is 35.5. The lowest BCUT2D eigenvalue weighted by molar-refractivity contribution is 0.779. The number of thioether (sulfide) groups is 1. The number of nitrogens with zero attached hydrogens (tertiary/aromatic N) is 1. The lowest BCUT2D eigenvalue weighted by Gasteiger charge is -2.13. The van der Waals surface area contributed by atoms with E-state index in [-0.39, 0.29) is 5.54 Å². The minimum absolute atomic E-state index is 0.215. The summed E-state index contributed by atoms with van der Waals surface area (Å²) >= 11 is 7.75. The molecule has 0 unspecified atom stereocenters. The molecule has 1 aliphatic rings. The fourth-order valence-electron chi connectivity index (χ4n) is 2.00. The van der Waals surface area contributed by atoms with Crippen molar-refractivity contribution in [3.05, 3.63) is 52.0 Å². The minimum Gasteiger partial charge on any atom is -0.320 e. The highest BCUT2D eigenvalue weighted by molar-refractivity contribution is 8.04. The lowest BCUT2D eigenvalue weighted by atomic mass is 10.2. The average molecular weight is 321 g/mol. The highest BCUT2D eigenvalue weighted by Gasteiger charge is 2.42. The van der Waals surface area contributed by atoms with Crippen LogP contribution in [0.25, 0.3) is 0 Å². The van der Waals surface area contributed by atoms with Gasteiger partial charge >= 0.3 is 0 Å². The Balaban J connectivity index is 2.14. The summed E-state index contributed by atoms with van der Waals surface area (Å²) < 4.78 is 0. The molecule has 1 aromatic rings. The fraction of sp³-hybridized carbons (Fsp3) is 0.353. The van der Waals surface area contributed by atoms with Gasteiger partial charge in [0.05, 0.1) is 16.9 Å². The highest BCUT2D eigenvalue weighted by Crippen LogP contribution is 2.40. The van der Waals surface area contributed by atoms with E-state index in [1.54, 1.807) is 11.8 Å². The number of hydrogen-bond acceptors (Lipinski definition) is 3. The Morgan fingerprint density at radius 1 is 1.48 bits per heavy atom. The second kappa shape index (κ2) is 6.39. The first-order valence-corrected chi connectivity index (χ1v) is 8.20. The van der Waals surface area contributed by atoms with Crippen molar-refractivity contribution in [2.75, 3.05) is 0 Å². The van der Waals surface area contributed by atoms with Gasteiger partial charge in [0.1, 0.15) is 0 Å². The van der Waals surface area contributed by atoms with Crippen molar-refractivity contribution in [1.82, 2.24) is 0 Å². The number of rotatable bonds is 5. The van der Waals surface area contributed by atoms with E-state index in [1.165, 1.54) is 0 Å². The molecule has 0 amide bonds. The maximum Gasteiger partial charge on any atom is 0.0582 e. The smallest absolute Gasteiger partial charge is 0.0582 e. The Morgan fingerprint density at radius 2 is 2.14 bits per heavy atom. The minimum atomic E-state index is -0.215. The molecule has 4 heteroatoms. The molecular weight excluding hydrogens is 300 g/mol. The quantitative estimate of drug-likeness (QED) is 0.604. The molecule has 1 saturated carbocycles. The summed E-state index contributed by atoms with van der Waals surface area (Å²) in [6, 6.07) is 5.90. The van der Waals surface area contributed by atoms with Crippen molar-refractivity contribution >= 4 is 29.1 Å². The first-order valence-electron chi connectivity index (χ1n) is 7.00. The van der Waals surface area contributed by atoms with Crippen molar-refractivity contribution in [1.29, 1.82) is 0 Å². The van der Waals surface area contributed by atoms with Gasteiger partial charge in [0.25, 0.3) is 0 Å². The molecule has 0 aliphatic heterocycles. The number of allylic oxidation sites excluding steroid dienone is 2. The molecule has 0 atom stereocenters. The van der Waals surface area contributed by atoms with Crippen molar-refractivity contribution in [2.45, 2.75) is 44.0 Å². The van der Waals surface area contributed by atoms with Gasteiger partial charge in [-0.1, -0.05) is 42.1 Å². The number of aliphatic imine (C=N–C) groups is 1. The Kier molecular flexibility index (Phi) is 4.97. The van der Waals surface area contributed by atoms with Crippen molar-refractivity contribution in [3.63, 3.8) is 0 Å². The molecule has 2 N–H and O–H groups in total. The first-order chi connectivity index (χ1) is 9.87. The number of hydrogen-bond donors (Lipinski definition) is 1. The van der Waals surface area contributed by atoms with Gasteiger partial charge < -0.3 is 5.73 Å². The van der Waals surface area contributed by atoms with Gasteiger partial charge in [-0.3, -0.25) is 4.99 Å². The molecule has 0 radical (unpaired) electrons. The van der Waals surface area contributed by atoms with E-state index in [1.807, 2.05) is 45.0 Å². The molecule has 0 aromatic heterocycles. The lowest BCUT2D eigenvalue weighted by Crippen LogP contribution is -2.24. The van der Waals surface area contributed by atoms with E-state index in [2.05, 4.69) is 11.6 Å². The summed E-state index contributed by atoms with van der Waals surface area (Å²) in [7, 11) is 0. The van der Waals surface area contributed by atoms with Crippen LogP contribution in [0.4, 0.5) is 0 Å². The molecule has 1 fully saturated rings. The van der Waals surface area contributed by atoms with Gasteiger partial charge in [0, 0.05) is 14.8 Å². The first kappa shape index (κ1) is 16.3. The third-order valence-electron chi connectivity index (χ3n) is 3.72. The van der Waals surface area contributed by atoms with Crippen molar-refractivity contribution in [2.24, 2.45) is 10.7 Å². The van der Waals surface area contributed by atoms with Crippen LogP contribution < -0.4 is 5.73 Å². The molecule has 1 aromatic carbocycles. The van der Waals surface area contributed by atoms with Gasteiger partial charge in [-0.15, -0.1) is 0 Å². The van der Waals surface area contributed by atoms with Crippen LogP contribution in [-0.2, 0) is 0 Å². The molecule has 0 saturated heterocycles. The zero-order chi connectivity index (χ0) is 15.6. The van der Waals surface area contributed by atoms with Gasteiger partial charge in [-0.25, -0.2) is 0 Å². The molecule has 112 valence electrons. The Bertz CT molecular complexity index is 628. The second-order valence-corrected chi connectivity index (χ2v) is 6.96. The van der Waals surface area contributed by atoms with E-state index in [0.717, 1.165) is 44.6 Å². The third-order valence-corrected chi connectivity index (χ3v) is 5.33. The summed E-state index contributed by atoms with van der Waals surface area (Å²) in [6.45, 7) is 10.1. The Morgan fingerprint density at radius 3 is 2.71 bits per heavy atom. The van der Waals surface area contributed by atoms with E-state index >= 15 is 0 Å². The second-order valence-electron chi connectivity index (χ2n) is 5.42. The van der Waals surface area contributed by atoms with Crippen LogP contribution in [0.3, 0.4) is 0 Å². The number of benzene rings is 1. The maximum atomic E-state index is 6.22. The number of nitrogens with two attached hydrogens (primary N) is 1. The molecular formula is C17H21ClN2S. The average Bonchev–Trinajstić information content (AvgIpc) is 3.19. The van der Waals surface area contributed by atoms with E-state index in [4.69, 9.17) is 17.3 Å². The Labute approximate surface area is 136 Å². The van der Waals surface area contributed by atoms with Crippen LogP contribution in [0, 0.1) is 6.92 Å². The summed E-state index contributed by atoms with van der Waals surface area (Å²) in [5.74, 6) is 0. The molecule has 1 aliphatic carbocycles. The monoisotopic (exact) mass is 320 g/mol. The fourth-order valence-corrected chi connectivity index (χ4v) is 3.10. The molecule has 0 heterocycles. The predicted molar refractivity (Wildman–Crippen MR) is 94.2 cm³/mol. The predicted octanol–water partition coefficient (Wildman–Crippen LogP) is 5.11. The van der Waals surface area contributed by atoms with Crippen molar-refractivity contribution in [3.8, 4) is 0 Å². The zero-order valence-corrected chi connectivity index (χ0v) is 14.3. The number of halogens is 1. The maximum absolute atomic E-state index is 6.22. The van der Waals surface area contributed by atoms with Gasteiger partial charge in [-0.2, -0.15) is 0 Å².